The zero-order valence-electron chi connectivity index (χ0n) is 8.12. The van der Waals surface area contributed by atoms with Crippen LogP contribution in [0, 0.1) is 6.92 Å². The molecule has 2 rings (SSSR count). The van der Waals surface area contributed by atoms with Gasteiger partial charge in [-0.15, -0.1) is 0 Å². The maximum atomic E-state index is 10.8. The summed E-state index contributed by atoms with van der Waals surface area (Å²) in [7, 11) is 0. The van der Waals surface area contributed by atoms with Crippen LogP contribution in [0.3, 0.4) is 0 Å². The zero-order chi connectivity index (χ0) is 10.8. The molecule has 15 heavy (non-hydrogen) atoms. The van der Waals surface area contributed by atoms with Crippen molar-refractivity contribution in [1.29, 1.82) is 0 Å². The maximum absolute atomic E-state index is 10.8. The van der Waals surface area contributed by atoms with E-state index in [-0.39, 0.29) is 0 Å². The highest BCUT2D eigenvalue weighted by atomic mass is 79.9. The van der Waals surface area contributed by atoms with E-state index in [9.17, 15) is 4.79 Å². The summed E-state index contributed by atoms with van der Waals surface area (Å²) in [5.74, 6) is 0. The predicted molar refractivity (Wildman–Crippen MR) is 61.8 cm³/mol. The molecule has 3 nitrogen and oxygen atoms in total. The number of aldehydes is 1. The average molecular weight is 265 g/mol. The molecule has 0 saturated carbocycles. The van der Waals surface area contributed by atoms with Gasteiger partial charge in [0, 0.05) is 10.0 Å². The fourth-order valence-corrected chi connectivity index (χ4v) is 1.82. The van der Waals surface area contributed by atoms with Gasteiger partial charge in [-0.05, 0) is 24.6 Å². The molecule has 0 aliphatic carbocycles. The van der Waals surface area contributed by atoms with Crippen LogP contribution < -0.4 is 0 Å². The Morgan fingerprint density at radius 1 is 1.47 bits per heavy atom. The SMILES string of the molecule is Cc1ccc(Br)cc1-c1nc[nH]c1C=O. The van der Waals surface area contributed by atoms with Gasteiger partial charge >= 0.3 is 0 Å². The molecule has 1 aromatic carbocycles. The summed E-state index contributed by atoms with van der Waals surface area (Å²) in [5.41, 5.74) is 3.26. The van der Waals surface area contributed by atoms with Crippen molar-refractivity contribution < 1.29 is 4.79 Å². The monoisotopic (exact) mass is 264 g/mol. The summed E-state index contributed by atoms with van der Waals surface area (Å²) in [6.45, 7) is 1.99. The number of hydrogen-bond donors (Lipinski definition) is 1. The molecule has 0 aliphatic heterocycles. The minimum atomic E-state index is 0.510. The first-order valence-corrected chi connectivity index (χ1v) is 5.26. The average Bonchev–Trinajstić information content (AvgIpc) is 2.69. The third-order valence-electron chi connectivity index (χ3n) is 2.24. The van der Waals surface area contributed by atoms with Crippen LogP contribution in [0.2, 0.25) is 0 Å². The first-order valence-electron chi connectivity index (χ1n) is 4.47. The van der Waals surface area contributed by atoms with E-state index < -0.39 is 0 Å². The van der Waals surface area contributed by atoms with Crippen LogP contribution in [0.15, 0.2) is 29.0 Å². The van der Waals surface area contributed by atoms with Gasteiger partial charge in [0.2, 0.25) is 0 Å². The standard InChI is InChI=1S/C11H9BrN2O/c1-7-2-3-8(12)4-9(7)11-10(5-15)13-6-14-11/h2-6H,1H3,(H,13,14). The molecule has 76 valence electrons. The third-order valence-corrected chi connectivity index (χ3v) is 2.73. The number of aromatic nitrogens is 2. The summed E-state index contributed by atoms with van der Waals surface area (Å²) in [6.07, 6.45) is 2.31. The zero-order valence-corrected chi connectivity index (χ0v) is 9.71. The fraction of sp³-hybridized carbons (Fsp3) is 0.0909. The number of imidazole rings is 1. The van der Waals surface area contributed by atoms with Crippen molar-refractivity contribution in [2.24, 2.45) is 0 Å². The summed E-state index contributed by atoms with van der Waals surface area (Å²) < 4.78 is 0.975. The van der Waals surface area contributed by atoms with Gasteiger partial charge in [-0.25, -0.2) is 4.98 Å². The number of aromatic amines is 1. The molecule has 2 aromatic rings. The van der Waals surface area contributed by atoms with Gasteiger partial charge in [0.15, 0.2) is 6.29 Å². The first-order chi connectivity index (χ1) is 7.22. The lowest BCUT2D eigenvalue weighted by Gasteiger charge is -2.03. The second-order valence-corrected chi connectivity index (χ2v) is 4.16. The Hall–Kier alpha value is -1.42. The van der Waals surface area contributed by atoms with E-state index in [1.807, 2.05) is 25.1 Å². The number of nitrogens with one attached hydrogen (secondary N) is 1. The topological polar surface area (TPSA) is 45.8 Å². The lowest BCUT2D eigenvalue weighted by atomic mass is 10.0. The van der Waals surface area contributed by atoms with Gasteiger partial charge in [-0.2, -0.15) is 0 Å². The second kappa shape index (κ2) is 3.98. The third kappa shape index (κ3) is 1.85. The maximum Gasteiger partial charge on any atom is 0.168 e. The molecule has 0 aliphatic rings. The molecule has 1 N–H and O–H groups in total. The number of hydrogen-bond acceptors (Lipinski definition) is 2. The van der Waals surface area contributed by atoms with E-state index in [0.717, 1.165) is 21.9 Å². The smallest absolute Gasteiger partial charge is 0.168 e. The van der Waals surface area contributed by atoms with Crippen LogP contribution in [0.25, 0.3) is 11.3 Å². The Labute approximate surface area is 95.7 Å². The molecule has 0 atom stereocenters. The highest BCUT2D eigenvalue weighted by molar-refractivity contribution is 9.10. The lowest BCUT2D eigenvalue weighted by Crippen LogP contribution is -1.89. The molecule has 0 fully saturated rings. The van der Waals surface area contributed by atoms with E-state index in [2.05, 4.69) is 25.9 Å². The molecular formula is C11H9BrN2O. The van der Waals surface area contributed by atoms with Crippen LogP contribution in [0.4, 0.5) is 0 Å². The Morgan fingerprint density at radius 2 is 2.27 bits per heavy atom. The minimum Gasteiger partial charge on any atom is -0.342 e. The van der Waals surface area contributed by atoms with Crippen LogP contribution in [0.1, 0.15) is 16.1 Å². The van der Waals surface area contributed by atoms with Gasteiger partial charge in [0.25, 0.3) is 0 Å². The fourth-order valence-electron chi connectivity index (χ4n) is 1.46. The number of carbonyl (C=O) groups is 1. The molecule has 0 unspecified atom stereocenters. The number of benzene rings is 1. The minimum absolute atomic E-state index is 0.510. The van der Waals surface area contributed by atoms with Crippen LogP contribution in [0.5, 0.6) is 0 Å². The Kier molecular flexibility index (Phi) is 2.68. The van der Waals surface area contributed by atoms with Gasteiger partial charge in [0.05, 0.1) is 12.0 Å². The van der Waals surface area contributed by atoms with Gasteiger partial charge in [-0.3, -0.25) is 4.79 Å². The van der Waals surface area contributed by atoms with Crippen LogP contribution >= 0.6 is 15.9 Å². The quantitative estimate of drug-likeness (QED) is 0.848. The van der Waals surface area contributed by atoms with E-state index in [4.69, 9.17) is 0 Å². The van der Waals surface area contributed by atoms with Crippen molar-refractivity contribution in [2.45, 2.75) is 6.92 Å². The molecule has 0 saturated heterocycles. The summed E-state index contributed by atoms with van der Waals surface area (Å²) in [4.78, 5) is 17.7. The summed E-state index contributed by atoms with van der Waals surface area (Å²) in [5, 5.41) is 0. The highest BCUT2D eigenvalue weighted by Gasteiger charge is 2.10. The van der Waals surface area contributed by atoms with Gasteiger partial charge < -0.3 is 4.98 Å². The largest absolute Gasteiger partial charge is 0.342 e. The molecular weight excluding hydrogens is 256 g/mol. The highest BCUT2D eigenvalue weighted by Crippen LogP contribution is 2.26. The Morgan fingerprint density at radius 3 is 3.00 bits per heavy atom. The Balaban J connectivity index is 2.62. The van der Waals surface area contributed by atoms with Crippen molar-refractivity contribution in [1.82, 2.24) is 9.97 Å². The lowest BCUT2D eigenvalue weighted by molar-refractivity contribution is 0.112. The Bertz CT molecular complexity index is 505. The molecule has 1 heterocycles. The number of nitrogens with zero attached hydrogens (tertiary/aromatic N) is 1. The number of aryl methyl sites for hydroxylation is 1. The first kappa shape index (κ1) is 10.1. The predicted octanol–water partition coefficient (Wildman–Crippen LogP) is 2.96. The van der Waals surface area contributed by atoms with Gasteiger partial charge in [0.1, 0.15) is 5.69 Å². The van der Waals surface area contributed by atoms with E-state index >= 15 is 0 Å². The van der Waals surface area contributed by atoms with Crippen LogP contribution in [-0.2, 0) is 0 Å². The van der Waals surface area contributed by atoms with E-state index in [1.54, 1.807) is 0 Å². The number of rotatable bonds is 2. The second-order valence-electron chi connectivity index (χ2n) is 3.24. The normalized spacial score (nSPS) is 10.3. The molecule has 0 radical (unpaired) electrons. The molecule has 0 bridgehead atoms. The molecule has 1 aromatic heterocycles. The number of halogens is 1. The van der Waals surface area contributed by atoms with Crippen molar-refractivity contribution >= 4 is 22.2 Å². The van der Waals surface area contributed by atoms with Gasteiger partial charge in [-0.1, -0.05) is 22.0 Å². The van der Waals surface area contributed by atoms with E-state index in [0.29, 0.717) is 11.4 Å². The number of carbonyl (C=O) groups excluding carboxylic acids is 1. The van der Waals surface area contributed by atoms with Crippen molar-refractivity contribution in [2.75, 3.05) is 0 Å². The summed E-state index contributed by atoms with van der Waals surface area (Å²) >= 11 is 3.40. The molecule has 0 amide bonds. The van der Waals surface area contributed by atoms with E-state index in [1.165, 1.54) is 6.33 Å². The number of H-pyrrole nitrogens is 1. The summed E-state index contributed by atoms with van der Waals surface area (Å²) in [6, 6.07) is 5.91. The molecule has 0 spiro atoms. The van der Waals surface area contributed by atoms with Crippen molar-refractivity contribution in [3.05, 3.63) is 40.3 Å². The van der Waals surface area contributed by atoms with Crippen LogP contribution in [-0.4, -0.2) is 16.3 Å². The molecule has 4 heteroatoms. The van der Waals surface area contributed by atoms with Crippen molar-refractivity contribution in [3.63, 3.8) is 0 Å². The van der Waals surface area contributed by atoms with Crippen molar-refractivity contribution in [3.8, 4) is 11.3 Å².